The summed E-state index contributed by atoms with van der Waals surface area (Å²) in [5.41, 5.74) is 1.50. The zero-order valence-corrected chi connectivity index (χ0v) is 14.5. The fourth-order valence-corrected chi connectivity index (χ4v) is 3.68. The largest absolute Gasteiger partial charge is 0.343 e. The van der Waals surface area contributed by atoms with Crippen molar-refractivity contribution in [3.63, 3.8) is 0 Å². The van der Waals surface area contributed by atoms with Crippen LogP contribution < -0.4 is 10.6 Å². The van der Waals surface area contributed by atoms with Crippen molar-refractivity contribution in [3.05, 3.63) is 59.5 Å². The summed E-state index contributed by atoms with van der Waals surface area (Å²) in [7, 11) is 0. The van der Waals surface area contributed by atoms with E-state index in [4.69, 9.17) is 0 Å². The zero-order chi connectivity index (χ0) is 17.8. The van der Waals surface area contributed by atoms with E-state index in [1.165, 1.54) is 17.8 Å². The number of aromatic nitrogens is 1. The van der Waals surface area contributed by atoms with Crippen molar-refractivity contribution in [1.82, 2.24) is 10.3 Å². The number of amides is 2. The van der Waals surface area contributed by atoms with E-state index >= 15 is 0 Å². The molecule has 1 fully saturated rings. The van der Waals surface area contributed by atoms with Gasteiger partial charge in [-0.15, -0.1) is 11.8 Å². The van der Waals surface area contributed by atoms with E-state index < -0.39 is 11.3 Å². The molecule has 2 N–H and O–H groups in total. The van der Waals surface area contributed by atoms with Gasteiger partial charge in [0.05, 0.1) is 5.25 Å². The van der Waals surface area contributed by atoms with Gasteiger partial charge >= 0.3 is 0 Å². The maximum absolute atomic E-state index is 13.7. The van der Waals surface area contributed by atoms with Crippen LogP contribution in [-0.2, 0) is 16.0 Å². The summed E-state index contributed by atoms with van der Waals surface area (Å²) in [5, 5.41) is 5.01. The van der Waals surface area contributed by atoms with Gasteiger partial charge in [-0.3, -0.25) is 9.59 Å². The fourth-order valence-electron chi connectivity index (χ4n) is 2.51. The highest BCUT2D eigenvalue weighted by molar-refractivity contribution is 8.00. The molecule has 0 saturated carbocycles. The predicted octanol–water partition coefficient (Wildman–Crippen LogP) is 2.31. The maximum Gasteiger partial charge on any atom is 0.248 e. The lowest BCUT2D eigenvalue weighted by Gasteiger charge is -2.28. The standard InChI is InChI=1S/C18H18FN3O2S/c1-11-6-7-16(20-9-11)22-17(23)14-10-25-15(18(24)21-14)8-12-4-2-3-5-13(12)19/h2-7,9,14-15H,8,10H2,1H3,(H,21,24)(H,20,22,23)/t14-,15+/m1/s1. The molecule has 2 atom stereocenters. The third-order valence-corrected chi connectivity index (χ3v) is 5.22. The van der Waals surface area contributed by atoms with Gasteiger partial charge in [-0.2, -0.15) is 0 Å². The van der Waals surface area contributed by atoms with Crippen molar-refractivity contribution in [2.75, 3.05) is 11.1 Å². The number of benzene rings is 1. The molecule has 7 heteroatoms. The number of thioether (sulfide) groups is 1. The molecule has 0 bridgehead atoms. The molecule has 0 radical (unpaired) electrons. The normalized spacial score (nSPS) is 20.0. The maximum atomic E-state index is 13.7. The van der Waals surface area contributed by atoms with Crippen LogP contribution in [0.3, 0.4) is 0 Å². The van der Waals surface area contributed by atoms with Crippen LogP contribution in [0.25, 0.3) is 0 Å². The number of rotatable bonds is 4. The smallest absolute Gasteiger partial charge is 0.248 e. The molecule has 2 heterocycles. The van der Waals surface area contributed by atoms with Crippen LogP contribution in [0, 0.1) is 12.7 Å². The van der Waals surface area contributed by atoms with Crippen molar-refractivity contribution in [3.8, 4) is 0 Å². The zero-order valence-electron chi connectivity index (χ0n) is 13.7. The Kier molecular flexibility index (Phi) is 5.33. The predicted molar refractivity (Wildman–Crippen MR) is 95.9 cm³/mol. The number of nitrogens with zero attached hydrogens (tertiary/aromatic N) is 1. The van der Waals surface area contributed by atoms with Crippen LogP contribution in [0.1, 0.15) is 11.1 Å². The highest BCUT2D eigenvalue weighted by Crippen LogP contribution is 2.23. The van der Waals surface area contributed by atoms with Gasteiger partial charge in [-0.1, -0.05) is 24.3 Å². The number of anilines is 1. The Hall–Kier alpha value is -2.41. The van der Waals surface area contributed by atoms with Crippen LogP contribution in [0.15, 0.2) is 42.6 Å². The fraction of sp³-hybridized carbons (Fsp3) is 0.278. The van der Waals surface area contributed by atoms with Crippen LogP contribution >= 0.6 is 11.8 Å². The Labute approximate surface area is 149 Å². The van der Waals surface area contributed by atoms with E-state index in [1.807, 2.05) is 13.0 Å². The topological polar surface area (TPSA) is 71.1 Å². The summed E-state index contributed by atoms with van der Waals surface area (Å²) in [6.45, 7) is 1.91. The minimum Gasteiger partial charge on any atom is -0.343 e. The quantitative estimate of drug-likeness (QED) is 0.879. The highest BCUT2D eigenvalue weighted by Gasteiger charge is 2.32. The lowest BCUT2D eigenvalue weighted by atomic mass is 10.1. The highest BCUT2D eigenvalue weighted by atomic mass is 32.2. The average Bonchev–Trinajstić information content (AvgIpc) is 2.60. The summed E-state index contributed by atoms with van der Waals surface area (Å²) < 4.78 is 13.7. The lowest BCUT2D eigenvalue weighted by molar-refractivity contribution is -0.126. The molecule has 3 rings (SSSR count). The average molecular weight is 359 g/mol. The Morgan fingerprint density at radius 2 is 2.16 bits per heavy atom. The second-order valence-electron chi connectivity index (χ2n) is 5.89. The number of pyridine rings is 1. The third-order valence-electron chi connectivity index (χ3n) is 3.92. The number of hydrogen-bond acceptors (Lipinski definition) is 4. The number of halogens is 1. The first-order valence-corrected chi connectivity index (χ1v) is 8.96. The van der Waals surface area contributed by atoms with Gasteiger partial charge < -0.3 is 10.6 Å². The van der Waals surface area contributed by atoms with Gasteiger partial charge in [0.25, 0.3) is 0 Å². The van der Waals surface area contributed by atoms with E-state index in [2.05, 4.69) is 15.6 Å². The van der Waals surface area contributed by atoms with Crippen molar-refractivity contribution in [2.45, 2.75) is 24.6 Å². The molecule has 2 aromatic rings. The van der Waals surface area contributed by atoms with E-state index in [0.717, 1.165) is 5.56 Å². The number of aryl methyl sites for hydroxylation is 1. The SMILES string of the molecule is Cc1ccc(NC(=O)[C@H]2CS[C@@H](Cc3ccccc3F)C(=O)N2)nc1. The van der Waals surface area contributed by atoms with Gasteiger partial charge in [-0.05, 0) is 36.6 Å². The summed E-state index contributed by atoms with van der Waals surface area (Å²) in [6.07, 6.45) is 1.96. The molecule has 0 unspecified atom stereocenters. The van der Waals surface area contributed by atoms with Gasteiger partial charge in [0.15, 0.2) is 0 Å². The lowest BCUT2D eigenvalue weighted by Crippen LogP contribution is -2.52. The molecule has 0 spiro atoms. The van der Waals surface area contributed by atoms with Gasteiger partial charge in [0.1, 0.15) is 17.7 Å². The molecule has 25 heavy (non-hydrogen) atoms. The molecule has 1 saturated heterocycles. The van der Waals surface area contributed by atoms with Gasteiger partial charge in [-0.25, -0.2) is 9.37 Å². The molecule has 5 nitrogen and oxygen atoms in total. The number of hydrogen-bond donors (Lipinski definition) is 2. The first kappa shape index (κ1) is 17.4. The minimum absolute atomic E-state index is 0.253. The summed E-state index contributed by atoms with van der Waals surface area (Å²) in [4.78, 5) is 28.7. The molecule has 1 aromatic heterocycles. The molecule has 1 aliphatic rings. The monoisotopic (exact) mass is 359 g/mol. The number of carbonyl (C=O) groups is 2. The number of nitrogens with one attached hydrogen (secondary N) is 2. The molecule has 1 aromatic carbocycles. The van der Waals surface area contributed by atoms with Crippen LogP contribution in [0.5, 0.6) is 0 Å². The van der Waals surface area contributed by atoms with Gasteiger partial charge in [0.2, 0.25) is 11.8 Å². The van der Waals surface area contributed by atoms with Crippen LogP contribution in [-0.4, -0.2) is 33.8 Å². The van der Waals surface area contributed by atoms with Crippen LogP contribution in [0.2, 0.25) is 0 Å². The Morgan fingerprint density at radius 3 is 2.84 bits per heavy atom. The Bertz CT molecular complexity index is 782. The summed E-state index contributed by atoms with van der Waals surface area (Å²) >= 11 is 1.36. The summed E-state index contributed by atoms with van der Waals surface area (Å²) in [6, 6.07) is 9.35. The molecular weight excluding hydrogens is 341 g/mol. The Balaban J connectivity index is 1.57. The molecule has 2 amide bonds. The molecule has 130 valence electrons. The third kappa shape index (κ3) is 4.36. The van der Waals surface area contributed by atoms with Gasteiger partial charge in [0, 0.05) is 11.9 Å². The second kappa shape index (κ2) is 7.65. The van der Waals surface area contributed by atoms with E-state index in [9.17, 15) is 14.0 Å². The van der Waals surface area contributed by atoms with E-state index in [1.54, 1.807) is 30.5 Å². The summed E-state index contributed by atoms with van der Waals surface area (Å²) in [5.74, 6) is 0.00494. The van der Waals surface area contributed by atoms with Crippen molar-refractivity contribution >= 4 is 29.4 Å². The molecule has 1 aliphatic heterocycles. The minimum atomic E-state index is -0.627. The van der Waals surface area contributed by atoms with Crippen molar-refractivity contribution in [1.29, 1.82) is 0 Å². The molecule has 0 aliphatic carbocycles. The van der Waals surface area contributed by atoms with Crippen molar-refractivity contribution in [2.24, 2.45) is 0 Å². The van der Waals surface area contributed by atoms with Crippen molar-refractivity contribution < 1.29 is 14.0 Å². The molecular formula is C18H18FN3O2S. The first-order chi connectivity index (χ1) is 12.0. The first-order valence-electron chi connectivity index (χ1n) is 7.92. The van der Waals surface area contributed by atoms with Crippen LogP contribution in [0.4, 0.5) is 10.2 Å². The number of carbonyl (C=O) groups excluding carboxylic acids is 2. The Morgan fingerprint density at radius 1 is 1.36 bits per heavy atom. The van der Waals surface area contributed by atoms with E-state index in [0.29, 0.717) is 23.6 Å². The van der Waals surface area contributed by atoms with E-state index in [-0.39, 0.29) is 17.6 Å². The second-order valence-corrected chi connectivity index (χ2v) is 7.12.